The molecule has 5 nitrogen and oxygen atoms in total. The van der Waals surface area contributed by atoms with E-state index < -0.39 is 10.1 Å². The van der Waals surface area contributed by atoms with Crippen molar-refractivity contribution >= 4 is 10.1 Å². The van der Waals surface area contributed by atoms with Crippen molar-refractivity contribution in [2.45, 2.75) is 31.6 Å². The minimum atomic E-state index is -3.97. The average Bonchev–Trinajstić information content (AvgIpc) is 2.57. The molecular formula is C18H19NO4S. The fourth-order valence-corrected chi connectivity index (χ4v) is 3.13. The van der Waals surface area contributed by atoms with E-state index in [4.69, 9.17) is 14.2 Å². The van der Waals surface area contributed by atoms with Crippen LogP contribution in [0.15, 0.2) is 47.4 Å². The summed E-state index contributed by atoms with van der Waals surface area (Å²) in [5.74, 6) is 0.288. The minimum absolute atomic E-state index is 0.0634. The van der Waals surface area contributed by atoms with Gasteiger partial charge in [-0.05, 0) is 43.2 Å². The van der Waals surface area contributed by atoms with Gasteiger partial charge in [0.15, 0.2) is 11.5 Å². The van der Waals surface area contributed by atoms with E-state index in [-0.39, 0.29) is 16.4 Å². The van der Waals surface area contributed by atoms with Crippen molar-refractivity contribution in [1.82, 2.24) is 0 Å². The normalized spacial score (nSPS) is 10.9. The van der Waals surface area contributed by atoms with E-state index in [1.807, 2.05) is 6.07 Å². The van der Waals surface area contributed by atoms with Gasteiger partial charge < -0.3 is 8.92 Å². The summed E-state index contributed by atoms with van der Waals surface area (Å²) in [5.41, 5.74) is 1.44. The van der Waals surface area contributed by atoms with Crippen LogP contribution in [0, 0.1) is 11.3 Å². The molecule has 2 rings (SSSR count). The molecule has 0 saturated heterocycles. The number of hydrogen-bond donors (Lipinski definition) is 0. The molecule has 0 N–H and O–H groups in total. The maximum absolute atomic E-state index is 12.4. The molecule has 0 fully saturated rings. The molecular weight excluding hydrogens is 326 g/mol. The summed E-state index contributed by atoms with van der Waals surface area (Å²) >= 11 is 0. The zero-order valence-corrected chi connectivity index (χ0v) is 14.5. The molecule has 0 aliphatic rings. The summed E-state index contributed by atoms with van der Waals surface area (Å²) in [5, 5.41) is 8.94. The first kappa shape index (κ1) is 17.8. The lowest BCUT2D eigenvalue weighted by atomic mass is 10.1. The van der Waals surface area contributed by atoms with Crippen LogP contribution < -0.4 is 8.92 Å². The van der Waals surface area contributed by atoms with Crippen LogP contribution in [0.2, 0.25) is 0 Å². The second kappa shape index (κ2) is 7.84. The molecule has 0 atom stereocenters. The summed E-state index contributed by atoms with van der Waals surface area (Å²) in [4.78, 5) is 0.0779. The van der Waals surface area contributed by atoms with E-state index in [0.29, 0.717) is 12.2 Å². The SMILES string of the molecule is CCCc1ccc(S(=O)(=O)Oc2ccc(C#N)cc2OCC)cc1. The first-order valence-corrected chi connectivity index (χ1v) is 9.11. The number of hydrogen-bond acceptors (Lipinski definition) is 5. The lowest BCUT2D eigenvalue weighted by molar-refractivity contribution is 0.327. The minimum Gasteiger partial charge on any atom is -0.490 e. The number of nitriles is 1. The maximum Gasteiger partial charge on any atom is 0.339 e. The molecule has 0 heterocycles. The van der Waals surface area contributed by atoms with Crippen molar-refractivity contribution in [3.05, 3.63) is 53.6 Å². The first-order valence-electron chi connectivity index (χ1n) is 7.70. The predicted molar refractivity (Wildman–Crippen MR) is 90.6 cm³/mol. The summed E-state index contributed by atoms with van der Waals surface area (Å²) in [6.07, 6.45) is 1.89. The van der Waals surface area contributed by atoms with Gasteiger partial charge in [0, 0.05) is 6.07 Å². The van der Waals surface area contributed by atoms with Gasteiger partial charge in [-0.2, -0.15) is 13.7 Å². The highest BCUT2D eigenvalue weighted by Crippen LogP contribution is 2.31. The Morgan fingerprint density at radius 2 is 1.75 bits per heavy atom. The fraction of sp³-hybridized carbons (Fsp3) is 0.278. The monoisotopic (exact) mass is 345 g/mol. The van der Waals surface area contributed by atoms with Crippen LogP contribution in [-0.4, -0.2) is 15.0 Å². The Kier molecular flexibility index (Phi) is 5.83. The first-order chi connectivity index (χ1) is 11.5. The molecule has 6 heteroatoms. The highest BCUT2D eigenvalue weighted by Gasteiger charge is 2.19. The molecule has 24 heavy (non-hydrogen) atoms. The molecule has 0 unspecified atom stereocenters. The Hall–Kier alpha value is -2.52. The predicted octanol–water partition coefficient (Wildman–Crippen LogP) is 3.68. The third-order valence-electron chi connectivity index (χ3n) is 3.32. The van der Waals surface area contributed by atoms with Gasteiger partial charge in [0.2, 0.25) is 0 Å². The highest BCUT2D eigenvalue weighted by molar-refractivity contribution is 7.87. The van der Waals surface area contributed by atoms with Crippen molar-refractivity contribution in [3.8, 4) is 17.6 Å². The molecule has 0 aliphatic carbocycles. The quantitative estimate of drug-likeness (QED) is 0.716. The Bertz CT molecular complexity index is 836. The molecule has 126 valence electrons. The maximum atomic E-state index is 12.4. The van der Waals surface area contributed by atoms with Crippen molar-refractivity contribution in [2.75, 3.05) is 6.61 Å². The van der Waals surface area contributed by atoms with E-state index >= 15 is 0 Å². The number of ether oxygens (including phenoxy) is 1. The number of rotatable bonds is 7. The van der Waals surface area contributed by atoms with Crippen LogP contribution >= 0.6 is 0 Å². The topological polar surface area (TPSA) is 76.4 Å². The molecule has 0 aliphatic heterocycles. The van der Waals surface area contributed by atoms with Crippen LogP contribution in [0.5, 0.6) is 11.5 Å². The van der Waals surface area contributed by atoms with Gasteiger partial charge in [-0.1, -0.05) is 25.5 Å². The smallest absolute Gasteiger partial charge is 0.339 e. The van der Waals surface area contributed by atoms with E-state index in [1.54, 1.807) is 19.1 Å². The van der Waals surface area contributed by atoms with Crippen LogP contribution in [-0.2, 0) is 16.5 Å². The largest absolute Gasteiger partial charge is 0.490 e. The number of benzene rings is 2. The molecule has 0 aromatic heterocycles. The molecule has 0 bridgehead atoms. The Balaban J connectivity index is 2.30. The van der Waals surface area contributed by atoms with Crippen molar-refractivity contribution in [3.63, 3.8) is 0 Å². The molecule has 2 aromatic carbocycles. The van der Waals surface area contributed by atoms with Crippen LogP contribution in [0.25, 0.3) is 0 Å². The second-order valence-electron chi connectivity index (χ2n) is 5.14. The third-order valence-corrected chi connectivity index (χ3v) is 4.57. The van der Waals surface area contributed by atoms with Gasteiger partial charge >= 0.3 is 10.1 Å². The number of nitrogens with zero attached hydrogens (tertiary/aromatic N) is 1. The van der Waals surface area contributed by atoms with Crippen molar-refractivity contribution < 1.29 is 17.3 Å². The molecule has 2 aromatic rings. The van der Waals surface area contributed by atoms with E-state index in [0.717, 1.165) is 18.4 Å². The molecule has 0 saturated carbocycles. The average molecular weight is 345 g/mol. The zero-order valence-electron chi connectivity index (χ0n) is 13.7. The standard InChI is InChI=1S/C18H19NO4S/c1-3-5-14-6-9-16(10-7-14)24(20,21)23-17-11-8-15(13-19)12-18(17)22-4-2/h6-12H,3-5H2,1-2H3. The summed E-state index contributed by atoms with van der Waals surface area (Å²) in [7, 11) is -3.97. The van der Waals surface area contributed by atoms with Crippen LogP contribution in [0.4, 0.5) is 0 Å². The van der Waals surface area contributed by atoms with Crippen molar-refractivity contribution in [1.29, 1.82) is 5.26 Å². The Morgan fingerprint density at radius 1 is 1.04 bits per heavy atom. The van der Waals surface area contributed by atoms with Gasteiger partial charge in [0.25, 0.3) is 0 Å². The van der Waals surface area contributed by atoms with E-state index in [1.165, 1.54) is 30.3 Å². The molecule has 0 amide bonds. The summed E-state index contributed by atoms with van der Waals surface area (Å²) in [6, 6.07) is 13.0. The summed E-state index contributed by atoms with van der Waals surface area (Å²) < 4.78 is 35.5. The van der Waals surface area contributed by atoms with Gasteiger partial charge in [-0.25, -0.2) is 0 Å². The Morgan fingerprint density at radius 3 is 2.33 bits per heavy atom. The molecule has 0 spiro atoms. The van der Waals surface area contributed by atoms with Crippen LogP contribution in [0.3, 0.4) is 0 Å². The van der Waals surface area contributed by atoms with Gasteiger partial charge in [-0.15, -0.1) is 0 Å². The van der Waals surface area contributed by atoms with E-state index in [2.05, 4.69) is 6.92 Å². The second-order valence-corrected chi connectivity index (χ2v) is 6.68. The Labute approximate surface area is 142 Å². The third kappa shape index (κ3) is 4.27. The van der Waals surface area contributed by atoms with Gasteiger partial charge in [0.1, 0.15) is 4.90 Å². The number of aryl methyl sites for hydroxylation is 1. The van der Waals surface area contributed by atoms with Gasteiger partial charge in [-0.3, -0.25) is 0 Å². The lowest BCUT2D eigenvalue weighted by Crippen LogP contribution is -2.11. The van der Waals surface area contributed by atoms with E-state index in [9.17, 15) is 8.42 Å². The molecule has 0 radical (unpaired) electrons. The highest BCUT2D eigenvalue weighted by atomic mass is 32.2. The zero-order chi connectivity index (χ0) is 17.6. The van der Waals surface area contributed by atoms with Crippen LogP contribution in [0.1, 0.15) is 31.4 Å². The van der Waals surface area contributed by atoms with Crippen molar-refractivity contribution in [2.24, 2.45) is 0 Å². The van der Waals surface area contributed by atoms with Gasteiger partial charge in [0.05, 0.1) is 18.2 Å². The lowest BCUT2D eigenvalue weighted by Gasteiger charge is -2.12. The summed E-state index contributed by atoms with van der Waals surface area (Å²) in [6.45, 7) is 4.16. The fourth-order valence-electron chi connectivity index (χ4n) is 2.19.